The van der Waals surface area contributed by atoms with Crippen LogP contribution in [0.25, 0.3) is 27.4 Å². The maximum Gasteiger partial charge on any atom is 0.228 e. The molecular formula is C37H37Cl2FN6O2. The van der Waals surface area contributed by atoms with Crippen LogP contribution in [0.3, 0.4) is 0 Å². The molecular weight excluding hydrogens is 650 g/mol. The van der Waals surface area contributed by atoms with Crippen molar-refractivity contribution in [1.29, 1.82) is 5.26 Å². The van der Waals surface area contributed by atoms with Crippen LogP contribution in [-0.2, 0) is 16.0 Å². The van der Waals surface area contributed by atoms with Gasteiger partial charge in [0.15, 0.2) is 5.82 Å². The molecule has 3 aliphatic carbocycles. The summed E-state index contributed by atoms with van der Waals surface area (Å²) in [5.74, 6) is -0.141. The number of hydrogen-bond acceptors (Lipinski definition) is 5. The highest BCUT2D eigenvalue weighted by molar-refractivity contribution is 6.46. The molecule has 248 valence electrons. The van der Waals surface area contributed by atoms with Crippen LogP contribution in [0.4, 0.5) is 4.39 Å². The predicted molar refractivity (Wildman–Crippen MR) is 183 cm³/mol. The third-order valence-electron chi connectivity index (χ3n) is 12.0. The average molecular weight is 688 g/mol. The van der Waals surface area contributed by atoms with Crippen LogP contribution in [0.5, 0.6) is 0 Å². The number of nitriles is 1. The number of likely N-dealkylation sites (N-methyl/N-ethyl adjacent to an activating group) is 1. The zero-order valence-electron chi connectivity index (χ0n) is 27.0. The zero-order chi connectivity index (χ0) is 33.2. The Hall–Kier alpha value is -3.45. The first-order chi connectivity index (χ1) is 23.2. The standard InChI is InChI=1S/C37H37Cl2FN6O2/c1-17-23-14-28(35-25-13-21(16-44(2)37(25)48)45(35)36(47)18-8-9-18)46(33-20-12-27(33)42-15-20)34(23)24-11-19(5-4-10-41)29(31(40)32(24)43-17)22-6-3-7-26(38)30(22)39/h7,11,14,18,20-21,25,27,33,35,42H,3-6,8-9,12-13,15-16H2,1-2H3/t20-,21-,25-,27-,33+,35-/m1/s1. The van der Waals surface area contributed by atoms with Crippen molar-refractivity contribution in [3.8, 4) is 6.07 Å². The van der Waals surface area contributed by atoms with Gasteiger partial charge in [0.1, 0.15) is 5.52 Å². The van der Waals surface area contributed by atoms with Crippen molar-refractivity contribution in [2.24, 2.45) is 17.8 Å². The van der Waals surface area contributed by atoms with Gasteiger partial charge >= 0.3 is 0 Å². The third-order valence-corrected chi connectivity index (χ3v) is 12.8. The highest BCUT2D eigenvalue weighted by Crippen LogP contribution is 2.54. The highest BCUT2D eigenvalue weighted by Gasteiger charge is 2.57. The van der Waals surface area contributed by atoms with E-state index < -0.39 is 11.9 Å². The van der Waals surface area contributed by atoms with Gasteiger partial charge in [-0.2, -0.15) is 5.26 Å². The fraction of sp³-hybridized carbons (Fsp3) is 0.514. The lowest BCUT2D eigenvalue weighted by atomic mass is 9.79. The van der Waals surface area contributed by atoms with Gasteiger partial charge < -0.3 is 19.7 Å². The normalized spacial score (nSPS) is 29.6. The van der Waals surface area contributed by atoms with Gasteiger partial charge in [0, 0.05) is 66.2 Å². The van der Waals surface area contributed by atoms with E-state index >= 15 is 4.39 Å². The summed E-state index contributed by atoms with van der Waals surface area (Å²) < 4.78 is 19.5. The van der Waals surface area contributed by atoms with Gasteiger partial charge in [0.05, 0.1) is 45.7 Å². The predicted octanol–water partition coefficient (Wildman–Crippen LogP) is 6.63. The Bertz CT molecular complexity index is 2050. The van der Waals surface area contributed by atoms with E-state index in [-0.39, 0.29) is 53.7 Å². The number of aryl methyl sites for hydroxylation is 2. The summed E-state index contributed by atoms with van der Waals surface area (Å²) >= 11 is 13.2. The van der Waals surface area contributed by atoms with Crippen LogP contribution in [0.1, 0.15) is 79.5 Å². The molecule has 6 atom stereocenters. The molecule has 1 N–H and O–H groups in total. The Morgan fingerprint density at radius 1 is 1.21 bits per heavy atom. The summed E-state index contributed by atoms with van der Waals surface area (Å²) in [6.45, 7) is 3.35. The van der Waals surface area contributed by atoms with Gasteiger partial charge in [-0.3, -0.25) is 9.59 Å². The topological polar surface area (TPSA) is 94.3 Å². The lowest BCUT2D eigenvalue weighted by Gasteiger charge is -2.40. The number of fused-ring (bicyclic) bond motifs is 6. The van der Waals surface area contributed by atoms with Gasteiger partial charge in [-0.05, 0) is 81.1 Å². The lowest BCUT2D eigenvalue weighted by Crippen LogP contribution is -2.45. The van der Waals surface area contributed by atoms with Gasteiger partial charge in [-0.15, -0.1) is 0 Å². The Morgan fingerprint density at radius 3 is 2.73 bits per heavy atom. The Kier molecular flexibility index (Phi) is 7.03. The van der Waals surface area contributed by atoms with Crippen molar-refractivity contribution in [3.63, 3.8) is 0 Å². The minimum absolute atomic E-state index is 0.0235. The number of allylic oxidation sites excluding steroid dienone is 4. The van der Waals surface area contributed by atoms with E-state index in [0.717, 1.165) is 42.4 Å². The largest absolute Gasteiger partial charge is 0.343 e. The fourth-order valence-electron chi connectivity index (χ4n) is 9.58. The zero-order valence-corrected chi connectivity index (χ0v) is 28.5. The van der Waals surface area contributed by atoms with Gasteiger partial charge in [-0.25, -0.2) is 9.37 Å². The van der Waals surface area contributed by atoms with E-state index in [4.69, 9.17) is 28.2 Å². The Morgan fingerprint density at radius 2 is 2.02 bits per heavy atom. The lowest BCUT2D eigenvalue weighted by molar-refractivity contribution is -0.136. The molecule has 0 unspecified atom stereocenters. The highest BCUT2D eigenvalue weighted by atomic mass is 35.5. The first kappa shape index (κ1) is 30.6. The molecule has 11 heteroatoms. The number of aromatic nitrogens is 2. The van der Waals surface area contributed by atoms with Crippen molar-refractivity contribution in [2.75, 3.05) is 20.1 Å². The van der Waals surface area contributed by atoms with Crippen molar-refractivity contribution >= 4 is 62.4 Å². The Labute approximate surface area is 288 Å². The van der Waals surface area contributed by atoms with Crippen molar-refractivity contribution in [2.45, 2.75) is 82.5 Å². The maximum atomic E-state index is 17.2. The first-order valence-electron chi connectivity index (χ1n) is 17.3. The SMILES string of the molecule is Cc1nc2c(F)c(C3=C(Cl)C(Cl)=CCC3)c(CCC#N)cc2c2c1cc([C@H]1[C@H]3C[C@H](CN(C)C3=O)N1C(=O)C1CC1)n2[C@H]1[C@H]2CN[C@@H]1C2. The van der Waals surface area contributed by atoms with Crippen LogP contribution in [0, 0.1) is 41.8 Å². The van der Waals surface area contributed by atoms with E-state index in [2.05, 4.69) is 26.9 Å². The smallest absolute Gasteiger partial charge is 0.228 e. The monoisotopic (exact) mass is 686 g/mol. The van der Waals surface area contributed by atoms with Gasteiger partial charge in [0.25, 0.3) is 0 Å². The van der Waals surface area contributed by atoms with Crippen molar-refractivity contribution < 1.29 is 14.0 Å². The second kappa shape index (κ2) is 11.0. The fourth-order valence-corrected chi connectivity index (χ4v) is 10.1. The molecule has 0 spiro atoms. The molecule has 7 aliphatic rings. The maximum absolute atomic E-state index is 17.2. The molecule has 8 nitrogen and oxygen atoms in total. The number of hydrogen-bond donors (Lipinski definition) is 1. The minimum Gasteiger partial charge on any atom is -0.343 e. The van der Waals surface area contributed by atoms with Crippen LogP contribution >= 0.6 is 23.2 Å². The summed E-state index contributed by atoms with van der Waals surface area (Å²) in [6.07, 6.45) is 7.10. The number of carbonyl (C=O) groups is 2. The number of likely N-dealkylation sites (tertiary alicyclic amines) is 2. The summed E-state index contributed by atoms with van der Waals surface area (Å²) in [4.78, 5) is 36.6. The number of nitrogens with zero attached hydrogens (tertiary/aromatic N) is 5. The second-order valence-electron chi connectivity index (χ2n) is 14.7. The quantitative estimate of drug-likeness (QED) is 0.314. The summed E-state index contributed by atoms with van der Waals surface area (Å²) in [7, 11) is 1.84. The third kappa shape index (κ3) is 4.31. The van der Waals surface area contributed by atoms with Crippen molar-refractivity contribution in [1.82, 2.24) is 24.7 Å². The number of amides is 2. The molecule has 2 amide bonds. The van der Waals surface area contributed by atoms with Crippen molar-refractivity contribution in [3.05, 3.63) is 56.6 Å². The van der Waals surface area contributed by atoms with E-state index in [1.165, 1.54) is 0 Å². The molecule has 6 fully saturated rings. The summed E-state index contributed by atoms with van der Waals surface area (Å²) in [5, 5.41) is 15.6. The number of nitrogens with one attached hydrogen (secondary N) is 1. The van der Waals surface area contributed by atoms with E-state index in [9.17, 15) is 14.9 Å². The molecule has 0 radical (unpaired) electrons. The van der Waals surface area contributed by atoms with Crippen LogP contribution in [0.15, 0.2) is 28.3 Å². The number of rotatable bonds is 6. The minimum atomic E-state index is -0.451. The van der Waals surface area contributed by atoms with E-state index in [0.29, 0.717) is 76.0 Å². The number of pyridine rings is 1. The molecule has 10 rings (SSSR count). The molecule has 6 heterocycles. The molecule has 2 aromatic heterocycles. The molecule has 4 saturated heterocycles. The second-order valence-corrected chi connectivity index (χ2v) is 15.5. The average Bonchev–Trinajstić information content (AvgIpc) is 3.35. The molecule has 1 aromatic carbocycles. The molecule has 4 bridgehead atoms. The molecule has 3 aromatic rings. The Balaban J connectivity index is 1.33. The summed E-state index contributed by atoms with van der Waals surface area (Å²) in [6, 6.07) is 6.33. The summed E-state index contributed by atoms with van der Waals surface area (Å²) in [5.41, 5.74) is 4.54. The van der Waals surface area contributed by atoms with Crippen LogP contribution < -0.4 is 5.32 Å². The molecule has 48 heavy (non-hydrogen) atoms. The van der Waals surface area contributed by atoms with Gasteiger partial charge in [-0.1, -0.05) is 29.3 Å². The van der Waals surface area contributed by atoms with Crippen LogP contribution in [0.2, 0.25) is 0 Å². The van der Waals surface area contributed by atoms with E-state index in [1.807, 2.05) is 26.1 Å². The van der Waals surface area contributed by atoms with E-state index in [1.54, 1.807) is 4.90 Å². The molecule has 4 aliphatic heterocycles. The molecule has 2 saturated carbocycles. The first-order valence-corrected chi connectivity index (χ1v) is 18.0. The number of halogens is 3. The van der Waals surface area contributed by atoms with Crippen LogP contribution in [-0.4, -0.2) is 63.4 Å². The van der Waals surface area contributed by atoms with Gasteiger partial charge in [0.2, 0.25) is 11.8 Å². The number of carbonyl (C=O) groups excluding carboxylic acids is 2. The number of benzene rings is 1. The number of piperidine rings is 1.